The van der Waals surface area contributed by atoms with E-state index in [1.165, 1.54) is 0 Å². The van der Waals surface area contributed by atoms with Crippen molar-refractivity contribution in [3.8, 4) is 0 Å². The zero-order chi connectivity index (χ0) is 17.1. The van der Waals surface area contributed by atoms with Crippen molar-refractivity contribution in [1.29, 1.82) is 0 Å². The Morgan fingerprint density at radius 1 is 1.43 bits per heavy atom. The maximum absolute atomic E-state index is 12.4. The molecule has 23 heavy (non-hydrogen) atoms. The molecule has 2 atom stereocenters. The van der Waals surface area contributed by atoms with Crippen molar-refractivity contribution >= 4 is 24.2 Å². The van der Waals surface area contributed by atoms with Crippen molar-refractivity contribution in [2.75, 3.05) is 19.6 Å². The molecule has 1 saturated heterocycles. The molecule has 3 N–H and O–H groups in total. The van der Waals surface area contributed by atoms with Crippen LogP contribution in [0.4, 0.5) is 13.2 Å². The first-order chi connectivity index (χ1) is 9.96. The number of nitrogens with one attached hydrogen (secondary N) is 1. The summed E-state index contributed by atoms with van der Waals surface area (Å²) in [5.74, 6) is -1.50. The van der Waals surface area contributed by atoms with Gasteiger partial charge < -0.3 is 16.0 Å². The minimum atomic E-state index is -4.45. The van der Waals surface area contributed by atoms with Gasteiger partial charge in [0.1, 0.15) is 6.54 Å². The van der Waals surface area contributed by atoms with E-state index in [1.54, 1.807) is 6.92 Å². The van der Waals surface area contributed by atoms with Crippen molar-refractivity contribution in [3.05, 3.63) is 0 Å². The van der Waals surface area contributed by atoms with Crippen molar-refractivity contribution in [1.82, 2.24) is 10.2 Å². The average molecular weight is 360 g/mol. The molecular formula is C14H25ClF3N3O2. The van der Waals surface area contributed by atoms with Crippen LogP contribution in [0.1, 0.15) is 33.6 Å². The highest BCUT2D eigenvalue weighted by Crippen LogP contribution is 2.25. The van der Waals surface area contributed by atoms with E-state index in [-0.39, 0.29) is 31.9 Å². The van der Waals surface area contributed by atoms with Gasteiger partial charge in [-0.3, -0.25) is 9.59 Å². The minimum absolute atomic E-state index is 0. The highest BCUT2D eigenvalue weighted by atomic mass is 35.5. The van der Waals surface area contributed by atoms with Gasteiger partial charge in [0.2, 0.25) is 11.8 Å². The van der Waals surface area contributed by atoms with E-state index in [9.17, 15) is 22.8 Å². The second-order valence-electron chi connectivity index (χ2n) is 6.64. The van der Waals surface area contributed by atoms with E-state index in [1.807, 2.05) is 13.8 Å². The third kappa shape index (κ3) is 6.95. The first-order valence-electron chi connectivity index (χ1n) is 7.32. The molecule has 0 aromatic heterocycles. The van der Waals surface area contributed by atoms with Gasteiger partial charge in [-0.15, -0.1) is 12.4 Å². The Morgan fingerprint density at radius 3 is 2.43 bits per heavy atom. The van der Waals surface area contributed by atoms with Crippen LogP contribution >= 0.6 is 12.4 Å². The van der Waals surface area contributed by atoms with Gasteiger partial charge in [-0.1, -0.05) is 13.8 Å². The maximum atomic E-state index is 12.4. The van der Waals surface area contributed by atoms with Gasteiger partial charge in [0, 0.05) is 25.0 Å². The molecule has 0 spiro atoms. The lowest BCUT2D eigenvalue weighted by molar-refractivity contribution is -0.157. The number of nitrogens with zero attached hydrogens (tertiary/aromatic N) is 1. The molecule has 0 aromatic rings. The van der Waals surface area contributed by atoms with Gasteiger partial charge in [0.05, 0.1) is 5.92 Å². The fourth-order valence-electron chi connectivity index (χ4n) is 2.80. The zero-order valence-corrected chi connectivity index (χ0v) is 14.4. The van der Waals surface area contributed by atoms with Gasteiger partial charge in [0.25, 0.3) is 0 Å². The number of amides is 2. The van der Waals surface area contributed by atoms with Crippen LogP contribution < -0.4 is 11.1 Å². The molecule has 2 unspecified atom stereocenters. The van der Waals surface area contributed by atoms with E-state index in [0.29, 0.717) is 17.2 Å². The van der Waals surface area contributed by atoms with Crippen molar-refractivity contribution in [3.63, 3.8) is 0 Å². The van der Waals surface area contributed by atoms with Crippen molar-refractivity contribution in [2.45, 2.75) is 45.3 Å². The summed E-state index contributed by atoms with van der Waals surface area (Å²) < 4.78 is 37.1. The monoisotopic (exact) mass is 359 g/mol. The molecule has 2 amide bonds. The number of halogens is 4. The van der Waals surface area contributed by atoms with Crippen molar-refractivity contribution in [2.24, 2.45) is 17.6 Å². The largest absolute Gasteiger partial charge is 0.406 e. The molecule has 1 fully saturated rings. The van der Waals surface area contributed by atoms with Gasteiger partial charge >= 0.3 is 6.18 Å². The molecule has 0 aliphatic carbocycles. The van der Waals surface area contributed by atoms with Crippen LogP contribution in [0, 0.1) is 11.8 Å². The molecule has 1 aliphatic heterocycles. The lowest BCUT2D eigenvalue weighted by Crippen LogP contribution is -2.54. The Kier molecular flexibility index (Phi) is 7.83. The smallest absolute Gasteiger partial charge is 0.349 e. The first-order valence-corrected chi connectivity index (χ1v) is 7.32. The molecule has 9 heteroatoms. The maximum Gasteiger partial charge on any atom is 0.406 e. The van der Waals surface area contributed by atoms with Crippen LogP contribution in [0.15, 0.2) is 0 Å². The topological polar surface area (TPSA) is 75.4 Å². The second kappa shape index (κ2) is 8.19. The lowest BCUT2D eigenvalue weighted by Gasteiger charge is -2.32. The molecule has 0 aromatic carbocycles. The molecule has 0 bridgehead atoms. The standard InChI is InChI=1S/C14H24F3N3O2.ClH/c1-9(2)5-13(3,7-18)19-12(22)10-4-11(21)20(6-10)8-14(15,16)17;/h9-10H,4-8,18H2,1-3H3,(H,19,22);1H. The van der Waals surface area contributed by atoms with Crippen LogP contribution in [0.2, 0.25) is 0 Å². The van der Waals surface area contributed by atoms with E-state index in [4.69, 9.17) is 5.73 Å². The quantitative estimate of drug-likeness (QED) is 0.758. The van der Waals surface area contributed by atoms with Gasteiger partial charge in [0.15, 0.2) is 0 Å². The lowest BCUT2D eigenvalue weighted by atomic mass is 9.90. The Balaban J connectivity index is 0.00000484. The molecule has 0 radical (unpaired) electrons. The van der Waals surface area contributed by atoms with Crippen LogP contribution in [0.25, 0.3) is 0 Å². The number of alkyl halides is 3. The normalized spacial score (nSPS) is 21.1. The van der Waals surface area contributed by atoms with Crippen LogP contribution in [-0.2, 0) is 9.59 Å². The summed E-state index contributed by atoms with van der Waals surface area (Å²) in [6, 6.07) is 0. The SMILES string of the molecule is CC(C)CC(C)(CN)NC(=O)C1CC(=O)N(CC(F)(F)F)C1.Cl. The molecule has 136 valence electrons. The van der Waals surface area contributed by atoms with Gasteiger partial charge in [-0.05, 0) is 19.3 Å². The average Bonchev–Trinajstić information content (AvgIpc) is 2.67. The Morgan fingerprint density at radius 2 is 2.00 bits per heavy atom. The third-order valence-electron chi connectivity index (χ3n) is 3.69. The Bertz CT molecular complexity index is 432. The summed E-state index contributed by atoms with van der Waals surface area (Å²) in [4.78, 5) is 24.5. The third-order valence-corrected chi connectivity index (χ3v) is 3.69. The summed E-state index contributed by atoms with van der Waals surface area (Å²) in [5.41, 5.74) is 5.08. The predicted octanol–water partition coefficient (Wildman–Crippen LogP) is 1.70. The zero-order valence-electron chi connectivity index (χ0n) is 13.6. The number of hydrogen-bond acceptors (Lipinski definition) is 3. The van der Waals surface area contributed by atoms with Gasteiger partial charge in [-0.25, -0.2) is 0 Å². The summed E-state index contributed by atoms with van der Waals surface area (Å²) in [7, 11) is 0. The highest BCUT2D eigenvalue weighted by molar-refractivity contribution is 5.89. The Labute approximate surface area is 140 Å². The van der Waals surface area contributed by atoms with E-state index in [2.05, 4.69) is 5.32 Å². The summed E-state index contributed by atoms with van der Waals surface area (Å²) in [6.45, 7) is 4.50. The predicted molar refractivity (Wildman–Crippen MR) is 83.0 cm³/mol. The highest BCUT2D eigenvalue weighted by Gasteiger charge is 2.41. The fourth-order valence-corrected chi connectivity index (χ4v) is 2.80. The first kappa shape index (κ1) is 22.0. The molecular weight excluding hydrogens is 335 g/mol. The minimum Gasteiger partial charge on any atom is -0.349 e. The molecule has 1 heterocycles. The number of hydrogen-bond donors (Lipinski definition) is 2. The molecule has 0 saturated carbocycles. The van der Waals surface area contributed by atoms with Crippen LogP contribution in [-0.4, -0.2) is 48.1 Å². The van der Waals surface area contributed by atoms with E-state index in [0.717, 1.165) is 0 Å². The summed E-state index contributed by atoms with van der Waals surface area (Å²) in [5, 5.41) is 2.80. The summed E-state index contributed by atoms with van der Waals surface area (Å²) in [6.07, 6.45) is -3.99. The molecule has 1 rings (SSSR count). The molecule has 1 aliphatic rings. The van der Waals surface area contributed by atoms with Crippen LogP contribution in [0.5, 0.6) is 0 Å². The number of carbonyl (C=O) groups excluding carboxylic acids is 2. The second-order valence-corrected chi connectivity index (χ2v) is 6.64. The van der Waals surface area contributed by atoms with E-state index < -0.39 is 36.0 Å². The van der Waals surface area contributed by atoms with Crippen LogP contribution in [0.3, 0.4) is 0 Å². The number of rotatable bonds is 6. The number of carbonyl (C=O) groups is 2. The van der Waals surface area contributed by atoms with Gasteiger partial charge in [-0.2, -0.15) is 13.2 Å². The number of likely N-dealkylation sites (tertiary alicyclic amines) is 1. The summed E-state index contributed by atoms with van der Waals surface area (Å²) >= 11 is 0. The Hall–Kier alpha value is -1.02. The fraction of sp³-hybridized carbons (Fsp3) is 0.857. The number of nitrogens with two attached hydrogens (primary N) is 1. The van der Waals surface area contributed by atoms with E-state index >= 15 is 0 Å². The molecule has 5 nitrogen and oxygen atoms in total. The van der Waals surface area contributed by atoms with Crippen molar-refractivity contribution < 1.29 is 22.8 Å².